The predicted octanol–water partition coefficient (Wildman–Crippen LogP) is 0.611. The van der Waals surface area contributed by atoms with Crippen LogP contribution in [0, 0.1) is 5.92 Å². The number of carbonyl (C=O) groups excluding carboxylic acids is 1. The minimum absolute atomic E-state index is 0.0141. The minimum Gasteiger partial charge on any atom is -0.481 e. The molecule has 0 heterocycles. The first-order valence-electron chi connectivity index (χ1n) is 5.47. The van der Waals surface area contributed by atoms with Gasteiger partial charge in [0.2, 0.25) is 5.91 Å². The molecule has 100 valence electrons. The molecule has 0 aliphatic carbocycles. The van der Waals surface area contributed by atoms with Crippen LogP contribution in [0.3, 0.4) is 0 Å². The molecule has 0 aliphatic rings. The molecule has 2 unspecified atom stereocenters. The second kappa shape index (κ2) is 8.03. The third-order valence-electron chi connectivity index (χ3n) is 2.32. The SMILES string of the molecule is COC(OC)C(C)NC(=O)CC(C)CC(=O)O. The summed E-state index contributed by atoms with van der Waals surface area (Å²) in [7, 11) is 2.98. The fourth-order valence-electron chi connectivity index (χ4n) is 1.57. The summed E-state index contributed by atoms with van der Waals surface area (Å²) in [5, 5.41) is 11.3. The van der Waals surface area contributed by atoms with Gasteiger partial charge in [-0.2, -0.15) is 0 Å². The minimum atomic E-state index is -0.898. The van der Waals surface area contributed by atoms with E-state index in [1.807, 2.05) is 0 Å². The molecular weight excluding hydrogens is 226 g/mol. The maximum absolute atomic E-state index is 11.6. The molecule has 17 heavy (non-hydrogen) atoms. The van der Waals surface area contributed by atoms with E-state index >= 15 is 0 Å². The van der Waals surface area contributed by atoms with E-state index in [1.54, 1.807) is 13.8 Å². The lowest BCUT2D eigenvalue weighted by Crippen LogP contribution is -2.43. The van der Waals surface area contributed by atoms with Gasteiger partial charge in [-0.05, 0) is 12.8 Å². The molecule has 2 atom stereocenters. The summed E-state index contributed by atoms with van der Waals surface area (Å²) in [5.41, 5.74) is 0. The molecular formula is C11H21NO5. The summed E-state index contributed by atoms with van der Waals surface area (Å²) in [6, 6.07) is -0.283. The third kappa shape index (κ3) is 6.91. The lowest BCUT2D eigenvalue weighted by molar-refractivity contribution is -0.139. The molecule has 0 saturated heterocycles. The number of aliphatic carboxylic acids is 1. The zero-order valence-electron chi connectivity index (χ0n) is 10.7. The van der Waals surface area contributed by atoms with Crippen molar-refractivity contribution in [1.82, 2.24) is 5.32 Å². The van der Waals surface area contributed by atoms with Gasteiger partial charge in [-0.1, -0.05) is 6.92 Å². The van der Waals surface area contributed by atoms with E-state index in [-0.39, 0.29) is 30.7 Å². The Morgan fingerprint density at radius 3 is 2.12 bits per heavy atom. The molecule has 6 nitrogen and oxygen atoms in total. The zero-order valence-corrected chi connectivity index (χ0v) is 10.7. The highest BCUT2D eigenvalue weighted by atomic mass is 16.7. The van der Waals surface area contributed by atoms with Gasteiger partial charge in [0.15, 0.2) is 6.29 Å². The average Bonchev–Trinajstić information content (AvgIpc) is 2.17. The van der Waals surface area contributed by atoms with Gasteiger partial charge in [-0.25, -0.2) is 0 Å². The highest BCUT2D eigenvalue weighted by Crippen LogP contribution is 2.08. The third-order valence-corrected chi connectivity index (χ3v) is 2.32. The molecule has 0 saturated carbocycles. The van der Waals surface area contributed by atoms with E-state index in [2.05, 4.69) is 5.32 Å². The van der Waals surface area contributed by atoms with Gasteiger partial charge < -0.3 is 19.9 Å². The highest BCUT2D eigenvalue weighted by molar-refractivity contribution is 5.77. The molecule has 0 aromatic rings. The van der Waals surface area contributed by atoms with Gasteiger partial charge in [0.05, 0.1) is 6.04 Å². The van der Waals surface area contributed by atoms with Gasteiger partial charge in [0.1, 0.15) is 0 Å². The first-order chi connectivity index (χ1) is 7.90. The lowest BCUT2D eigenvalue weighted by Gasteiger charge is -2.22. The maximum Gasteiger partial charge on any atom is 0.303 e. The molecule has 0 aromatic heterocycles. The Labute approximate surface area is 101 Å². The van der Waals surface area contributed by atoms with Crippen molar-refractivity contribution >= 4 is 11.9 Å². The van der Waals surface area contributed by atoms with E-state index < -0.39 is 12.3 Å². The summed E-state index contributed by atoms with van der Waals surface area (Å²) >= 11 is 0. The van der Waals surface area contributed by atoms with Gasteiger partial charge in [-0.3, -0.25) is 9.59 Å². The average molecular weight is 247 g/mol. The molecule has 0 aromatic carbocycles. The summed E-state index contributed by atoms with van der Waals surface area (Å²) in [6.07, 6.45) is -0.343. The van der Waals surface area contributed by atoms with Crippen LogP contribution in [0.4, 0.5) is 0 Å². The molecule has 0 fully saturated rings. The molecule has 2 N–H and O–H groups in total. The van der Waals surface area contributed by atoms with Crippen LogP contribution in [0.1, 0.15) is 26.7 Å². The van der Waals surface area contributed by atoms with Gasteiger partial charge >= 0.3 is 5.97 Å². The van der Waals surface area contributed by atoms with Crippen molar-refractivity contribution < 1.29 is 24.2 Å². The fraction of sp³-hybridized carbons (Fsp3) is 0.818. The summed E-state index contributed by atoms with van der Waals surface area (Å²) in [6.45, 7) is 3.49. The summed E-state index contributed by atoms with van der Waals surface area (Å²) < 4.78 is 10.0. The number of methoxy groups -OCH3 is 2. The Hall–Kier alpha value is -1.14. The van der Waals surface area contributed by atoms with Crippen molar-refractivity contribution in [1.29, 1.82) is 0 Å². The standard InChI is InChI=1S/C11H21NO5/c1-7(6-10(14)15)5-9(13)12-8(2)11(16-3)17-4/h7-8,11H,5-6H2,1-4H3,(H,12,13)(H,14,15). The first kappa shape index (κ1) is 15.9. The van der Waals surface area contributed by atoms with Crippen molar-refractivity contribution in [2.45, 2.75) is 39.0 Å². The highest BCUT2D eigenvalue weighted by Gasteiger charge is 2.19. The zero-order chi connectivity index (χ0) is 13.4. The number of rotatable bonds is 8. The van der Waals surface area contributed by atoms with E-state index in [9.17, 15) is 9.59 Å². The number of carboxylic acid groups (broad SMARTS) is 1. The normalized spacial score (nSPS) is 14.4. The largest absolute Gasteiger partial charge is 0.481 e. The molecule has 0 radical (unpaired) electrons. The van der Waals surface area contributed by atoms with Crippen molar-refractivity contribution in [3.05, 3.63) is 0 Å². The second-order valence-electron chi connectivity index (χ2n) is 4.10. The van der Waals surface area contributed by atoms with Crippen molar-refractivity contribution in [2.24, 2.45) is 5.92 Å². The van der Waals surface area contributed by atoms with Crippen LogP contribution < -0.4 is 5.32 Å². The number of hydrogen-bond donors (Lipinski definition) is 2. The Kier molecular flexibility index (Phi) is 7.49. The number of ether oxygens (including phenoxy) is 2. The van der Waals surface area contributed by atoms with E-state index in [0.29, 0.717) is 0 Å². The Bertz CT molecular complexity index is 252. The molecule has 0 spiro atoms. The van der Waals surface area contributed by atoms with E-state index in [0.717, 1.165) is 0 Å². The fourth-order valence-corrected chi connectivity index (χ4v) is 1.57. The first-order valence-corrected chi connectivity index (χ1v) is 5.47. The molecule has 6 heteroatoms. The van der Waals surface area contributed by atoms with Crippen LogP contribution in [0.15, 0.2) is 0 Å². The molecule has 0 aliphatic heterocycles. The second-order valence-corrected chi connectivity index (χ2v) is 4.10. The van der Waals surface area contributed by atoms with Gasteiger partial charge in [0, 0.05) is 27.1 Å². The quantitative estimate of drug-likeness (QED) is 0.614. The van der Waals surface area contributed by atoms with Crippen LogP contribution in [0.2, 0.25) is 0 Å². The summed E-state index contributed by atoms with van der Waals surface area (Å²) in [4.78, 5) is 22.0. The molecule has 0 bridgehead atoms. The Morgan fingerprint density at radius 2 is 1.71 bits per heavy atom. The Balaban J connectivity index is 4.04. The predicted molar refractivity (Wildman–Crippen MR) is 61.4 cm³/mol. The maximum atomic E-state index is 11.6. The van der Waals surface area contributed by atoms with Crippen molar-refractivity contribution in [3.8, 4) is 0 Å². The number of carboxylic acids is 1. The van der Waals surface area contributed by atoms with Crippen LogP contribution in [0.5, 0.6) is 0 Å². The van der Waals surface area contributed by atoms with Crippen LogP contribution in [0.25, 0.3) is 0 Å². The number of amides is 1. The van der Waals surface area contributed by atoms with Gasteiger partial charge in [0.25, 0.3) is 0 Å². The molecule has 0 rings (SSSR count). The molecule has 1 amide bonds. The van der Waals surface area contributed by atoms with Crippen LogP contribution in [-0.2, 0) is 19.1 Å². The van der Waals surface area contributed by atoms with Crippen LogP contribution in [-0.4, -0.2) is 43.5 Å². The van der Waals surface area contributed by atoms with E-state index in [4.69, 9.17) is 14.6 Å². The van der Waals surface area contributed by atoms with Crippen molar-refractivity contribution in [2.75, 3.05) is 14.2 Å². The Morgan fingerprint density at radius 1 is 1.18 bits per heavy atom. The number of nitrogens with one attached hydrogen (secondary N) is 1. The summed E-state index contributed by atoms with van der Waals surface area (Å²) in [5.74, 6) is -1.29. The monoisotopic (exact) mass is 247 g/mol. The van der Waals surface area contributed by atoms with Gasteiger partial charge in [-0.15, -0.1) is 0 Å². The van der Waals surface area contributed by atoms with E-state index in [1.165, 1.54) is 14.2 Å². The lowest BCUT2D eigenvalue weighted by atomic mass is 10.0. The van der Waals surface area contributed by atoms with Crippen molar-refractivity contribution in [3.63, 3.8) is 0 Å². The smallest absolute Gasteiger partial charge is 0.303 e. The number of hydrogen-bond acceptors (Lipinski definition) is 4. The topological polar surface area (TPSA) is 84.9 Å². The van der Waals surface area contributed by atoms with Crippen LogP contribution >= 0.6 is 0 Å². The number of carbonyl (C=O) groups is 2.